The van der Waals surface area contributed by atoms with Crippen molar-refractivity contribution in [1.29, 1.82) is 0 Å². The number of carbonyl (C=O) groups is 1. The molecule has 140 valence electrons. The highest BCUT2D eigenvalue weighted by atomic mass is 32.1. The number of amides is 1. The van der Waals surface area contributed by atoms with E-state index in [4.69, 9.17) is 10.5 Å². The van der Waals surface area contributed by atoms with Crippen LogP contribution in [-0.4, -0.2) is 23.9 Å². The number of para-hydroxylation sites is 1. The summed E-state index contributed by atoms with van der Waals surface area (Å²) in [4.78, 5) is 16.0. The Morgan fingerprint density at radius 3 is 2.56 bits per heavy atom. The maximum atomic E-state index is 13.1. The molecule has 0 radical (unpaired) electrons. The summed E-state index contributed by atoms with van der Waals surface area (Å²) >= 11 is 1.64. The van der Waals surface area contributed by atoms with Crippen molar-refractivity contribution >= 4 is 17.2 Å². The fraction of sp³-hybridized carbons (Fsp3) is 0.227. The maximum Gasteiger partial charge on any atom is 0.257 e. The monoisotopic (exact) mass is 380 g/mol. The van der Waals surface area contributed by atoms with Crippen LogP contribution in [0.15, 0.2) is 66.0 Å². The van der Waals surface area contributed by atoms with Gasteiger partial charge in [-0.3, -0.25) is 4.79 Å². The van der Waals surface area contributed by atoms with Crippen molar-refractivity contribution in [2.24, 2.45) is 5.73 Å². The Morgan fingerprint density at radius 1 is 1.07 bits per heavy atom. The first-order chi connectivity index (χ1) is 13.2. The highest BCUT2D eigenvalue weighted by Gasteiger charge is 2.19. The Kier molecular flexibility index (Phi) is 6.63. The zero-order valence-corrected chi connectivity index (χ0v) is 16.2. The molecule has 0 bridgehead atoms. The lowest BCUT2D eigenvalue weighted by atomic mass is 10.1. The predicted octanol–water partition coefficient (Wildman–Crippen LogP) is 4.24. The number of thiophene rings is 1. The van der Waals surface area contributed by atoms with Crippen molar-refractivity contribution in [3.63, 3.8) is 0 Å². The smallest absolute Gasteiger partial charge is 0.257 e. The molecular formula is C22H24N2O2S. The molecule has 0 atom stereocenters. The lowest BCUT2D eigenvalue weighted by Gasteiger charge is -2.22. The summed E-state index contributed by atoms with van der Waals surface area (Å²) in [6.45, 7) is 3.96. The van der Waals surface area contributed by atoms with Crippen molar-refractivity contribution in [1.82, 2.24) is 4.90 Å². The molecule has 0 aliphatic heterocycles. The first kappa shape index (κ1) is 19.1. The lowest BCUT2D eigenvalue weighted by Crippen LogP contribution is -2.34. The second-order valence-electron chi connectivity index (χ2n) is 6.37. The molecule has 0 fully saturated rings. The minimum absolute atomic E-state index is 0.0617. The third kappa shape index (κ3) is 5.18. The van der Waals surface area contributed by atoms with Gasteiger partial charge in [0, 0.05) is 18.0 Å². The zero-order chi connectivity index (χ0) is 19.1. The Morgan fingerprint density at radius 2 is 1.85 bits per heavy atom. The summed E-state index contributed by atoms with van der Waals surface area (Å²) in [6.07, 6.45) is 0. The third-order valence-corrected chi connectivity index (χ3v) is 5.11. The van der Waals surface area contributed by atoms with E-state index in [2.05, 4.69) is 19.1 Å². The van der Waals surface area contributed by atoms with Gasteiger partial charge in [0.25, 0.3) is 5.91 Å². The summed E-state index contributed by atoms with van der Waals surface area (Å²) in [5.74, 6) is 0.532. The minimum Gasteiger partial charge on any atom is -0.488 e. The van der Waals surface area contributed by atoms with E-state index in [-0.39, 0.29) is 5.91 Å². The number of ether oxygens (including phenoxy) is 1. The van der Waals surface area contributed by atoms with Crippen LogP contribution in [0.4, 0.5) is 0 Å². The van der Waals surface area contributed by atoms with E-state index < -0.39 is 0 Å². The molecule has 3 rings (SSSR count). The summed E-state index contributed by atoms with van der Waals surface area (Å²) in [7, 11) is 0. The largest absolute Gasteiger partial charge is 0.488 e. The van der Waals surface area contributed by atoms with Crippen molar-refractivity contribution in [2.75, 3.05) is 13.1 Å². The van der Waals surface area contributed by atoms with Crippen LogP contribution in [0.25, 0.3) is 0 Å². The highest BCUT2D eigenvalue weighted by molar-refractivity contribution is 7.09. The molecule has 0 saturated carbocycles. The van der Waals surface area contributed by atoms with Crippen molar-refractivity contribution in [2.45, 2.75) is 20.1 Å². The SMILES string of the molecule is Cc1ccc(COc2ccccc2C(=O)N(CCN)Cc2cccs2)cc1. The van der Waals surface area contributed by atoms with Gasteiger partial charge < -0.3 is 15.4 Å². The number of rotatable bonds is 8. The molecule has 1 aromatic heterocycles. The molecule has 0 saturated heterocycles. The number of hydrogen-bond acceptors (Lipinski definition) is 4. The van der Waals surface area contributed by atoms with Crippen LogP contribution in [0.3, 0.4) is 0 Å². The maximum absolute atomic E-state index is 13.1. The number of aryl methyl sites for hydroxylation is 1. The Bertz CT molecular complexity index is 860. The van der Waals surface area contributed by atoms with Gasteiger partial charge >= 0.3 is 0 Å². The van der Waals surface area contributed by atoms with Gasteiger partial charge in [-0.15, -0.1) is 11.3 Å². The molecule has 2 aromatic carbocycles. The fourth-order valence-corrected chi connectivity index (χ4v) is 3.50. The first-order valence-corrected chi connectivity index (χ1v) is 9.84. The van der Waals surface area contributed by atoms with Crippen LogP contribution in [0.5, 0.6) is 5.75 Å². The third-order valence-electron chi connectivity index (χ3n) is 4.25. The van der Waals surface area contributed by atoms with E-state index in [0.717, 1.165) is 10.4 Å². The average molecular weight is 381 g/mol. The summed E-state index contributed by atoms with van der Waals surface area (Å²) in [5, 5.41) is 2.01. The predicted molar refractivity (Wildman–Crippen MR) is 110 cm³/mol. The molecule has 3 aromatic rings. The number of nitrogens with two attached hydrogens (primary N) is 1. The van der Waals surface area contributed by atoms with E-state index >= 15 is 0 Å². The van der Waals surface area contributed by atoms with E-state index in [1.807, 2.05) is 53.9 Å². The molecule has 0 spiro atoms. The molecule has 1 heterocycles. The fourth-order valence-electron chi connectivity index (χ4n) is 2.78. The normalized spacial score (nSPS) is 10.6. The Balaban J connectivity index is 1.76. The Labute approximate surface area is 164 Å². The van der Waals surface area contributed by atoms with Gasteiger partial charge in [0.15, 0.2) is 0 Å². The average Bonchev–Trinajstić information content (AvgIpc) is 3.20. The van der Waals surface area contributed by atoms with E-state index in [9.17, 15) is 4.79 Å². The van der Waals surface area contributed by atoms with Crippen molar-refractivity contribution in [3.8, 4) is 5.75 Å². The van der Waals surface area contributed by atoms with Crippen LogP contribution in [-0.2, 0) is 13.2 Å². The van der Waals surface area contributed by atoms with Crippen LogP contribution in [0.1, 0.15) is 26.4 Å². The Hall–Kier alpha value is -2.63. The van der Waals surface area contributed by atoms with Gasteiger partial charge in [-0.2, -0.15) is 0 Å². The van der Waals surface area contributed by atoms with E-state index in [0.29, 0.717) is 37.6 Å². The van der Waals surface area contributed by atoms with Gasteiger partial charge in [0.05, 0.1) is 12.1 Å². The first-order valence-electron chi connectivity index (χ1n) is 8.96. The molecule has 1 amide bonds. The minimum atomic E-state index is -0.0617. The second kappa shape index (κ2) is 9.35. The summed E-state index contributed by atoms with van der Waals surface area (Å²) in [6, 6.07) is 19.6. The molecule has 4 nitrogen and oxygen atoms in total. The number of hydrogen-bond donors (Lipinski definition) is 1. The molecule has 0 aliphatic rings. The van der Waals surface area contributed by atoms with E-state index in [1.54, 1.807) is 16.2 Å². The van der Waals surface area contributed by atoms with Gasteiger partial charge in [-0.05, 0) is 36.1 Å². The van der Waals surface area contributed by atoms with Crippen LogP contribution >= 0.6 is 11.3 Å². The number of benzene rings is 2. The molecule has 0 aliphatic carbocycles. The van der Waals surface area contributed by atoms with E-state index in [1.165, 1.54) is 5.56 Å². The molecule has 2 N–H and O–H groups in total. The molecule has 5 heteroatoms. The van der Waals surface area contributed by atoms with Gasteiger partial charge in [-0.25, -0.2) is 0 Å². The van der Waals surface area contributed by atoms with Crippen LogP contribution < -0.4 is 10.5 Å². The second-order valence-corrected chi connectivity index (χ2v) is 7.40. The van der Waals surface area contributed by atoms with Crippen molar-refractivity contribution in [3.05, 3.63) is 87.6 Å². The van der Waals surface area contributed by atoms with Gasteiger partial charge in [0.2, 0.25) is 0 Å². The lowest BCUT2D eigenvalue weighted by molar-refractivity contribution is 0.0745. The topological polar surface area (TPSA) is 55.6 Å². The molecule has 0 unspecified atom stereocenters. The van der Waals surface area contributed by atoms with Gasteiger partial charge in [0.1, 0.15) is 12.4 Å². The standard InChI is InChI=1S/C22H24N2O2S/c1-17-8-10-18(11-9-17)16-26-21-7-3-2-6-20(21)22(25)24(13-12-23)15-19-5-4-14-27-19/h2-11,14H,12-13,15-16,23H2,1H3. The van der Waals surface area contributed by atoms with Crippen molar-refractivity contribution < 1.29 is 9.53 Å². The molecular weight excluding hydrogens is 356 g/mol. The molecule has 27 heavy (non-hydrogen) atoms. The van der Waals surface area contributed by atoms with Crippen LogP contribution in [0.2, 0.25) is 0 Å². The summed E-state index contributed by atoms with van der Waals surface area (Å²) < 4.78 is 5.97. The summed E-state index contributed by atoms with van der Waals surface area (Å²) in [5.41, 5.74) is 8.58. The van der Waals surface area contributed by atoms with Crippen LogP contribution in [0, 0.1) is 6.92 Å². The number of nitrogens with zero attached hydrogens (tertiary/aromatic N) is 1. The van der Waals surface area contributed by atoms with Gasteiger partial charge in [-0.1, -0.05) is 48.0 Å². The highest BCUT2D eigenvalue weighted by Crippen LogP contribution is 2.23. The number of carbonyl (C=O) groups excluding carboxylic acids is 1. The quantitative estimate of drug-likeness (QED) is 0.636. The zero-order valence-electron chi connectivity index (χ0n) is 15.4.